The molecular weight excluding hydrogens is 410 g/mol. The van der Waals surface area contributed by atoms with Gasteiger partial charge in [0.15, 0.2) is 0 Å². The number of allylic oxidation sites excluding steroid dienone is 1. The minimum Gasteiger partial charge on any atom is -0.207 e. The van der Waals surface area contributed by atoms with E-state index < -0.39 is 0 Å². The minimum atomic E-state index is -0.252. The van der Waals surface area contributed by atoms with Gasteiger partial charge in [-0.1, -0.05) is 57.9 Å². The van der Waals surface area contributed by atoms with Gasteiger partial charge in [-0.05, 0) is 111 Å². The molecule has 0 heterocycles. The van der Waals surface area contributed by atoms with Crippen LogP contribution in [0.5, 0.6) is 0 Å². The third kappa shape index (κ3) is 6.09. The highest BCUT2D eigenvalue weighted by atomic mass is 19.1. The van der Waals surface area contributed by atoms with E-state index in [1.807, 2.05) is 6.08 Å². The van der Waals surface area contributed by atoms with Crippen LogP contribution in [0.3, 0.4) is 0 Å². The van der Waals surface area contributed by atoms with Gasteiger partial charge in [0.05, 0.1) is 0 Å². The second-order valence-electron chi connectivity index (χ2n) is 11.6. The average molecular weight is 457 g/mol. The molecule has 2 fully saturated rings. The Balaban J connectivity index is 1.37. The van der Waals surface area contributed by atoms with Gasteiger partial charge in [-0.25, -0.2) is 8.78 Å². The molecule has 0 saturated heterocycles. The van der Waals surface area contributed by atoms with Crippen LogP contribution in [0.4, 0.5) is 8.78 Å². The fraction of sp³-hybridized carbons (Fsp3) is 0.742. The van der Waals surface area contributed by atoms with E-state index in [1.54, 1.807) is 6.07 Å². The van der Waals surface area contributed by atoms with E-state index >= 15 is 8.78 Å². The molecule has 0 spiro atoms. The molecule has 0 bridgehead atoms. The Morgan fingerprint density at radius 2 is 1.70 bits per heavy atom. The summed E-state index contributed by atoms with van der Waals surface area (Å²) in [5.41, 5.74) is 2.26. The van der Waals surface area contributed by atoms with Gasteiger partial charge in [0.2, 0.25) is 0 Å². The number of halogens is 2. The van der Waals surface area contributed by atoms with Crippen molar-refractivity contribution in [3.63, 3.8) is 0 Å². The topological polar surface area (TPSA) is 0 Å². The molecular formula is C31H46F2. The average Bonchev–Trinajstić information content (AvgIpc) is 2.82. The highest BCUT2D eigenvalue weighted by Gasteiger charge is 2.38. The van der Waals surface area contributed by atoms with Crippen molar-refractivity contribution in [1.82, 2.24) is 0 Å². The first-order chi connectivity index (χ1) is 16.1. The molecule has 1 aromatic rings. The molecule has 0 aliphatic heterocycles. The van der Waals surface area contributed by atoms with E-state index in [0.29, 0.717) is 17.4 Å². The molecule has 2 heteroatoms. The molecule has 2 saturated carbocycles. The summed E-state index contributed by atoms with van der Waals surface area (Å²) >= 11 is 0. The summed E-state index contributed by atoms with van der Waals surface area (Å²) in [6.07, 6.45) is 21.8. The molecule has 3 aliphatic rings. The fourth-order valence-corrected chi connectivity index (χ4v) is 7.46. The predicted molar refractivity (Wildman–Crippen MR) is 136 cm³/mol. The standard InChI is InChI=1S/C31H46F2/c1-3-5-7-8-9-11-23-13-17-28-27(19-23)21-29(32)30(31(28)33)26-16-15-24-18-22(10-6-4-2)12-14-25(24)20-26/h4,21-26H,2-3,5-20H2,1H3. The Kier molecular flexibility index (Phi) is 9.05. The van der Waals surface area contributed by atoms with E-state index in [0.717, 1.165) is 67.9 Å². The van der Waals surface area contributed by atoms with Gasteiger partial charge in [-0.2, -0.15) is 0 Å². The van der Waals surface area contributed by atoms with Gasteiger partial charge in [0.1, 0.15) is 11.6 Å². The van der Waals surface area contributed by atoms with Crippen LogP contribution in [-0.4, -0.2) is 0 Å². The summed E-state index contributed by atoms with van der Waals surface area (Å²) in [6, 6.07) is 1.73. The number of unbranched alkanes of at least 4 members (excludes halogenated alkanes) is 4. The van der Waals surface area contributed by atoms with Gasteiger partial charge in [0, 0.05) is 5.56 Å². The molecule has 5 unspecified atom stereocenters. The quantitative estimate of drug-likeness (QED) is 0.243. The number of hydrogen-bond acceptors (Lipinski definition) is 0. The number of fused-ring (bicyclic) bond motifs is 2. The van der Waals surface area contributed by atoms with Gasteiger partial charge in [-0.15, -0.1) is 6.58 Å². The highest BCUT2D eigenvalue weighted by molar-refractivity contribution is 5.39. The van der Waals surface area contributed by atoms with Crippen molar-refractivity contribution in [1.29, 1.82) is 0 Å². The van der Waals surface area contributed by atoms with Crippen LogP contribution in [0.2, 0.25) is 0 Å². The Morgan fingerprint density at radius 3 is 2.52 bits per heavy atom. The van der Waals surface area contributed by atoms with Gasteiger partial charge in [0.25, 0.3) is 0 Å². The normalized spacial score (nSPS) is 29.4. The van der Waals surface area contributed by atoms with Crippen LogP contribution in [0.25, 0.3) is 0 Å². The van der Waals surface area contributed by atoms with Gasteiger partial charge < -0.3 is 0 Å². The summed E-state index contributed by atoms with van der Waals surface area (Å²) in [6.45, 7) is 6.12. The minimum absolute atomic E-state index is 0.0811. The van der Waals surface area contributed by atoms with Crippen LogP contribution in [0, 0.1) is 35.3 Å². The van der Waals surface area contributed by atoms with Crippen LogP contribution in [-0.2, 0) is 12.8 Å². The summed E-state index contributed by atoms with van der Waals surface area (Å²) in [4.78, 5) is 0. The van der Waals surface area contributed by atoms with Crippen LogP contribution < -0.4 is 0 Å². The van der Waals surface area contributed by atoms with E-state index in [1.165, 1.54) is 64.2 Å². The van der Waals surface area contributed by atoms with Crippen molar-refractivity contribution in [2.45, 2.75) is 122 Å². The molecule has 184 valence electrons. The van der Waals surface area contributed by atoms with E-state index in [4.69, 9.17) is 0 Å². The summed E-state index contributed by atoms with van der Waals surface area (Å²) in [5.74, 6) is 2.53. The van der Waals surface area contributed by atoms with Crippen molar-refractivity contribution in [2.24, 2.45) is 23.7 Å². The Labute approximate surface area is 201 Å². The zero-order valence-corrected chi connectivity index (χ0v) is 21.0. The third-order valence-corrected chi connectivity index (χ3v) is 9.38. The smallest absolute Gasteiger partial charge is 0.133 e. The Bertz CT molecular complexity index is 782. The SMILES string of the molecule is C=CCCC1CCC2CC(c3c(F)cc4c(c3F)CCC(CCCCCCC)C4)CCC2C1. The first-order valence-electron chi connectivity index (χ1n) is 14.2. The van der Waals surface area contributed by atoms with Crippen molar-refractivity contribution in [3.05, 3.63) is 47.0 Å². The maximum absolute atomic E-state index is 15.7. The molecule has 33 heavy (non-hydrogen) atoms. The lowest BCUT2D eigenvalue weighted by molar-refractivity contribution is 0.113. The second kappa shape index (κ2) is 12.0. The van der Waals surface area contributed by atoms with E-state index in [2.05, 4.69) is 13.5 Å². The molecule has 1 aromatic carbocycles. The largest absolute Gasteiger partial charge is 0.207 e. The molecule has 0 aromatic heterocycles. The van der Waals surface area contributed by atoms with Crippen LogP contribution >= 0.6 is 0 Å². The highest BCUT2D eigenvalue weighted by Crippen LogP contribution is 2.49. The van der Waals surface area contributed by atoms with Crippen molar-refractivity contribution in [3.8, 4) is 0 Å². The zero-order valence-electron chi connectivity index (χ0n) is 21.0. The van der Waals surface area contributed by atoms with Crippen molar-refractivity contribution >= 4 is 0 Å². The maximum atomic E-state index is 15.7. The molecule has 5 atom stereocenters. The third-order valence-electron chi connectivity index (χ3n) is 9.38. The first-order valence-corrected chi connectivity index (χ1v) is 14.2. The van der Waals surface area contributed by atoms with Crippen molar-refractivity contribution in [2.75, 3.05) is 0 Å². The van der Waals surface area contributed by atoms with E-state index in [-0.39, 0.29) is 17.6 Å². The number of rotatable bonds is 10. The molecule has 0 radical (unpaired) electrons. The Hall–Kier alpha value is -1.18. The molecule has 0 nitrogen and oxygen atoms in total. The monoisotopic (exact) mass is 456 g/mol. The summed E-state index contributed by atoms with van der Waals surface area (Å²) < 4.78 is 31.0. The molecule has 4 rings (SSSR count). The number of benzene rings is 1. The summed E-state index contributed by atoms with van der Waals surface area (Å²) in [5, 5.41) is 0. The molecule has 3 aliphatic carbocycles. The van der Waals surface area contributed by atoms with Crippen LogP contribution in [0.15, 0.2) is 18.7 Å². The Morgan fingerprint density at radius 1 is 0.909 bits per heavy atom. The lowest BCUT2D eigenvalue weighted by Gasteiger charge is -2.42. The maximum Gasteiger partial charge on any atom is 0.133 e. The van der Waals surface area contributed by atoms with Gasteiger partial charge in [-0.3, -0.25) is 0 Å². The fourth-order valence-electron chi connectivity index (χ4n) is 7.46. The van der Waals surface area contributed by atoms with Crippen molar-refractivity contribution < 1.29 is 8.78 Å². The summed E-state index contributed by atoms with van der Waals surface area (Å²) in [7, 11) is 0. The lowest BCUT2D eigenvalue weighted by Crippen LogP contribution is -2.31. The van der Waals surface area contributed by atoms with Gasteiger partial charge >= 0.3 is 0 Å². The van der Waals surface area contributed by atoms with E-state index in [9.17, 15) is 0 Å². The number of hydrogen-bond donors (Lipinski definition) is 0. The lowest BCUT2D eigenvalue weighted by atomic mass is 9.63. The molecule has 0 amide bonds. The first kappa shape index (κ1) is 24.9. The molecule has 0 N–H and O–H groups in total. The predicted octanol–water partition coefficient (Wildman–Crippen LogP) is 9.70. The van der Waals surface area contributed by atoms with Crippen LogP contribution in [0.1, 0.15) is 126 Å². The second-order valence-corrected chi connectivity index (χ2v) is 11.6. The zero-order chi connectivity index (χ0) is 23.2.